The van der Waals surface area contributed by atoms with E-state index in [0.29, 0.717) is 17.3 Å². The highest BCUT2D eigenvalue weighted by atomic mass is 16.4. The van der Waals surface area contributed by atoms with Gasteiger partial charge in [-0.25, -0.2) is 4.98 Å². The molecule has 0 N–H and O–H groups in total. The number of benzene rings is 1. The van der Waals surface area contributed by atoms with Crippen LogP contribution in [0.2, 0.25) is 0 Å². The van der Waals surface area contributed by atoms with E-state index in [2.05, 4.69) is 32.9 Å². The van der Waals surface area contributed by atoms with Gasteiger partial charge in [-0.2, -0.15) is 0 Å². The highest BCUT2D eigenvalue weighted by Gasteiger charge is 2.42. The third-order valence-electron chi connectivity index (χ3n) is 6.24. The molecule has 0 saturated heterocycles. The quantitative estimate of drug-likeness (QED) is 0.500. The third-order valence-corrected chi connectivity index (χ3v) is 6.24. The summed E-state index contributed by atoms with van der Waals surface area (Å²) in [6.07, 6.45) is 10.3. The summed E-state index contributed by atoms with van der Waals surface area (Å²) in [7, 11) is 0. The molecule has 0 aliphatic heterocycles. The molecule has 124 valence electrons. The molecular formula is C21H23NO2. The number of aryl methyl sites for hydroxylation is 2. The minimum Gasteiger partial charge on any atom is -0.463 e. The minimum absolute atomic E-state index is 0.330. The predicted octanol–water partition coefficient (Wildman–Crippen LogP) is 6.13. The monoisotopic (exact) mass is 321 g/mol. The van der Waals surface area contributed by atoms with Gasteiger partial charge in [-0.3, -0.25) is 0 Å². The lowest BCUT2D eigenvalue weighted by Gasteiger charge is -2.45. The van der Waals surface area contributed by atoms with Crippen molar-refractivity contribution in [1.29, 1.82) is 0 Å². The van der Waals surface area contributed by atoms with Gasteiger partial charge in [0.05, 0.1) is 11.6 Å². The van der Waals surface area contributed by atoms with Crippen molar-refractivity contribution in [2.45, 2.75) is 52.9 Å². The maximum atomic E-state index is 6.02. The minimum atomic E-state index is 0.330. The van der Waals surface area contributed by atoms with E-state index >= 15 is 0 Å². The van der Waals surface area contributed by atoms with Gasteiger partial charge in [0.1, 0.15) is 11.1 Å². The highest BCUT2D eigenvalue weighted by Crippen LogP contribution is 2.54. The fourth-order valence-corrected chi connectivity index (χ4v) is 5.08. The molecule has 2 atom stereocenters. The molecule has 0 radical (unpaired) electrons. The number of furan rings is 1. The Kier molecular flexibility index (Phi) is 2.70. The molecule has 3 nitrogen and oxygen atoms in total. The topological polar surface area (TPSA) is 39.2 Å². The largest absolute Gasteiger partial charge is 0.463 e. The van der Waals surface area contributed by atoms with Gasteiger partial charge in [0, 0.05) is 12.5 Å². The number of oxazole rings is 1. The van der Waals surface area contributed by atoms with E-state index in [9.17, 15) is 0 Å². The molecule has 3 aromatic rings. The molecule has 2 aromatic heterocycles. The second-order valence-electron chi connectivity index (χ2n) is 8.23. The van der Waals surface area contributed by atoms with E-state index in [4.69, 9.17) is 13.8 Å². The Labute approximate surface area is 141 Å². The Balaban J connectivity index is 1.91. The van der Waals surface area contributed by atoms with Gasteiger partial charge in [0.15, 0.2) is 11.5 Å². The summed E-state index contributed by atoms with van der Waals surface area (Å²) in [6, 6.07) is 0. The molecule has 0 amide bonds. The Hall–Kier alpha value is -2.03. The van der Waals surface area contributed by atoms with Gasteiger partial charge in [0.25, 0.3) is 0 Å². The lowest BCUT2D eigenvalue weighted by Crippen LogP contribution is -2.34. The zero-order valence-corrected chi connectivity index (χ0v) is 14.8. The summed E-state index contributed by atoms with van der Waals surface area (Å²) < 4.78 is 12.0. The van der Waals surface area contributed by atoms with Crippen LogP contribution >= 0.6 is 0 Å². The van der Waals surface area contributed by atoms with Crippen molar-refractivity contribution in [3.63, 3.8) is 0 Å². The van der Waals surface area contributed by atoms with Crippen LogP contribution < -0.4 is 0 Å². The van der Waals surface area contributed by atoms with Crippen molar-refractivity contribution < 1.29 is 8.83 Å². The fourth-order valence-electron chi connectivity index (χ4n) is 5.08. The molecule has 3 heteroatoms. The lowest BCUT2D eigenvalue weighted by atomic mass is 9.59. The number of hydrogen-bond acceptors (Lipinski definition) is 3. The van der Waals surface area contributed by atoms with Crippen molar-refractivity contribution >= 4 is 28.1 Å². The first-order valence-electron chi connectivity index (χ1n) is 8.96. The number of hydrogen-bond donors (Lipinski definition) is 0. The molecule has 2 heterocycles. The Morgan fingerprint density at radius 2 is 2.04 bits per heavy atom. The van der Waals surface area contributed by atoms with Gasteiger partial charge < -0.3 is 8.83 Å². The van der Waals surface area contributed by atoms with Crippen LogP contribution in [0.3, 0.4) is 0 Å². The van der Waals surface area contributed by atoms with Gasteiger partial charge >= 0.3 is 0 Å². The number of nitrogens with zero attached hydrogens (tertiary/aromatic N) is 1. The van der Waals surface area contributed by atoms with Crippen molar-refractivity contribution in [3.8, 4) is 0 Å². The molecule has 0 bridgehead atoms. The molecule has 1 saturated carbocycles. The number of rotatable bonds is 0. The average Bonchev–Trinajstić information content (AvgIpc) is 3.09. The smallest absolute Gasteiger partial charge is 0.192 e. The molecule has 5 rings (SSSR count). The SMILES string of the molecule is Cc1nc2c3c(c4occ(C)c4c2o1)C=CC1C3CCCC1(C)C. The zero-order valence-electron chi connectivity index (χ0n) is 14.8. The van der Waals surface area contributed by atoms with Crippen molar-refractivity contribution in [2.24, 2.45) is 11.3 Å². The molecular weight excluding hydrogens is 298 g/mol. The molecule has 2 aliphatic carbocycles. The summed E-state index contributed by atoms with van der Waals surface area (Å²) in [4.78, 5) is 4.79. The van der Waals surface area contributed by atoms with Gasteiger partial charge in [-0.05, 0) is 48.1 Å². The third kappa shape index (κ3) is 1.70. The maximum absolute atomic E-state index is 6.02. The first-order chi connectivity index (χ1) is 11.5. The first-order valence-corrected chi connectivity index (χ1v) is 8.96. The second kappa shape index (κ2) is 4.53. The molecule has 24 heavy (non-hydrogen) atoms. The Morgan fingerprint density at radius 3 is 2.88 bits per heavy atom. The van der Waals surface area contributed by atoms with Crippen LogP contribution in [0.1, 0.15) is 61.6 Å². The van der Waals surface area contributed by atoms with Crippen LogP contribution in [0, 0.1) is 25.2 Å². The first kappa shape index (κ1) is 14.3. The summed E-state index contributed by atoms with van der Waals surface area (Å²) in [5.74, 6) is 1.81. The molecule has 2 aliphatic rings. The van der Waals surface area contributed by atoms with Crippen LogP contribution in [0.5, 0.6) is 0 Å². The Bertz CT molecular complexity index is 1000. The van der Waals surface area contributed by atoms with Gasteiger partial charge in [-0.1, -0.05) is 32.4 Å². The van der Waals surface area contributed by atoms with Gasteiger partial charge in [-0.15, -0.1) is 0 Å². The van der Waals surface area contributed by atoms with E-state index in [1.807, 2.05) is 13.2 Å². The number of aromatic nitrogens is 1. The van der Waals surface area contributed by atoms with E-state index < -0.39 is 0 Å². The lowest BCUT2D eigenvalue weighted by molar-refractivity contribution is 0.151. The highest BCUT2D eigenvalue weighted by molar-refractivity contribution is 6.09. The van der Waals surface area contributed by atoms with Crippen LogP contribution in [-0.4, -0.2) is 4.98 Å². The fraction of sp³-hybridized carbons (Fsp3) is 0.476. The summed E-state index contributed by atoms with van der Waals surface area (Å²) in [6.45, 7) is 8.82. The Morgan fingerprint density at radius 1 is 1.21 bits per heavy atom. The van der Waals surface area contributed by atoms with Crippen molar-refractivity contribution in [1.82, 2.24) is 4.98 Å². The van der Waals surface area contributed by atoms with E-state index in [-0.39, 0.29) is 0 Å². The number of allylic oxidation sites excluding steroid dienone is 1. The summed E-state index contributed by atoms with van der Waals surface area (Å²) >= 11 is 0. The molecule has 2 unspecified atom stereocenters. The van der Waals surface area contributed by atoms with Crippen LogP contribution in [0.15, 0.2) is 21.2 Å². The molecule has 0 spiro atoms. The maximum Gasteiger partial charge on any atom is 0.192 e. The van der Waals surface area contributed by atoms with Crippen molar-refractivity contribution in [3.05, 3.63) is 34.9 Å². The molecule has 1 aromatic carbocycles. The van der Waals surface area contributed by atoms with E-state index in [0.717, 1.165) is 33.5 Å². The van der Waals surface area contributed by atoms with E-state index in [1.54, 1.807) is 0 Å². The average molecular weight is 321 g/mol. The predicted molar refractivity (Wildman–Crippen MR) is 96.2 cm³/mol. The standard InChI is InChI=1S/C21H23NO2/c1-11-10-23-19-14-7-8-15-13(6-5-9-21(15,3)4)17(14)18-20(16(11)19)24-12(2)22-18/h7-8,10,13,15H,5-6,9H2,1-4H3. The zero-order chi connectivity index (χ0) is 16.6. The normalized spacial score (nSPS) is 25.2. The van der Waals surface area contributed by atoms with Crippen LogP contribution in [0.25, 0.3) is 28.1 Å². The van der Waals surface area contributed by atoms with Crippen LogP contribution in [-0.2, 0) is 0 Å². The molecule has 1 fully saturated rings. The summed E-state index contributed by atoms with van der Waals surface area (Å²) in [5, 5.41) is 1.09. The van der Waals surface area contributed by atoms with E-state index in [1.165, 1.54) is 30.4 Å². The summed E-state index contributed by atoms with van der Waals surface area (Å²) in [5.41, 5.74) is 6.94. The van der Waals surface area contributed by atoms with Gasteiger partial charge in [0.2, 0.25) is 0 Å². The van der Waals surface area contributed by atoms with Crippen molar-refractivity contribution in [2.75, 3.05) is 0 Å². The number of fused-ring (bicyclic) bond motifs is 8. The second-order valence-corrected chi connectivity index (χ2v) is 8.23. The van der Waals surface area contributed by atoms with Crippen LogP contribution in [0.4, 0.5) is 0 Å².